The second kappa shape index (κ2) is 7.34. The van der Waals surface area contributed by atoms with Crippen molar-refractivity contribution in [1.82, 2.24) is 30.2 Å². The van der Waals surface area contributed by atoms with Gasteiger partial charge in [0.2, 0.25) is 5.91 Å². The zero-order valence-corrected chi connectivity index (χ0v) is 15.7. The van der Waals surface area contributed by atoms with Crippen molar-refractivity contribution >= 4 is 28.3 Å². The fourth-order valence-electron chi connectivity index (χ4n) is 3.67. The van der Waals surface area contributed by atoms with E-state index in [1.165, 1.54) is 0 Å². The monoisotopic (exact) mass is 388 g/mol. The summed E-state index contributed by atoms with van der Waals surface area (Å²) < 4.78 is 1.67. The van der Waals surface area contributed by atoms with Crippen LogP contribution >= 0.6 is 0 Å². The van der Waals surface area contributed by atoms with Gasteiger partial charge in [-0.1, -0.05) is 0 Å². The number of carbonyl (C=O) groups is 1. The van der Waals surface area contributed by atoms with Crippen LogP contribution in [0.3, 0.4) is 0 Å². The van der Waals surface area contributed by atoms with Crippen LogP contribution in [0.25, 0.3) is 16.7 Å². The Balaban J connectivity index is 1.26. The Morgan fingerprint density at radius 1 is 1.17 bits per heavy atom. The predicted molar refractivity (Wildman–Crippen MR) is 109 cm³/mol. The Morgan fingerprint density at radius 3 is 2.90 bits per heavy atom. The van der Waals surface area contributed by atoms with Crippen molar-refractivity contribution in [3.63, 3.8) is 0 Å². The van der Waals surface area contributed by atoms with E-state index in [0.717, 1.165) is 41.8 Å². The lowest BCUT2D eigenvalue weighted by atomic mass is 9.97. The molecule has 1 atom stereocenters. The van der Waals surface area contributed by atoms with Crippen LogP contribution in [0.15, 0.2) is 55.0 Å². The zero-order valence-electron chi connectivity index (χ0n) is 15.7. The van der Waals surface area contributed by atoms with E-state index in [1.54, 1.807) is 17.1 Å². The number of H-pyrrole nitrogens is 1. The molecule has 1 aliphatic rings. The van der Waals surface area contributed by atoms with E-state index < -0.39 is 0 Å². The Morgan fingerprint density at radius 2 is 2.07 bits per heavy atom. The minimum absolute atomic E-state index is 0.0229. The maximum atomic E-state index is 12.8. The quantitative estimate of drug-likeness (QED) is 0.556. The molecule has 2 N–H and O–H groups in total. The molecule has 29 heavy (non-hydrogen) atoms. The molecule has 0 saturated carbocycles. The number of nitrogens with one attached hydrogen (secondary N) is 2. The average Bonchev–Trinajstić information content (AvgIpc) is 3.46. The molecule has 5 rings (SSSR count). The van der Waals surface area contributed by atoms with Gasteiger partial charge in [0.15, 0.2) is 11.6 Å². The van der Waals surface area contributed by atoms with E-state index in [4.69, 9.17) is 0 Å². The van der Waals surface area contributed by atoms with Crippen LogP contribution in [0.4, 0.5) is 11.5 Å². The minimum atomic E-state index is -0.103. The molecule has 4 heterocycles. The molecule has 0 spiro atoms. The van der Waals surface area contributed by atoms with E-state index >= 15 is 0 Å². The van der Waals surface area contributed by atoms with Gasteiger partial charge < -0.3 is 10.2 Å². The van der Waals surface area contributed by atoms with E-state index in [0.29, 0.717) is 12.4 Å². The van der Waals surface area contributed by atoms with Gasteiger partial charge in [-0.25, -0.2) is 4.68 Å². The summed E-state index contributed by atoms with van der Waals surface area (Å²) in [7, 11) is 0. The number of benzene rings is 1. The Labute approximate surface area is 166 Å². The number of rotatable bonds is 4. The molecule has 1 fully saturated rings. The number of hydrogen-bond acceptors (Lipinski definition) is 6. The highest BCUT2D eigenvalue weighted by Crippen LogP contribution is 2.24. The minimum Gasteiger partial charge on any atom is -0.354 e. The molecule has 3 aromatic heterocycles. The molecule has 1 aliphatic heterocycles. The van der Waals surface area contributed by atoms with Crippen molar-refractivity contribution in [3.05, 3.63) is 55.0 Å². The maximum absolute atomic E-state index is 12.8. The first kappa shape index (κ1) is 17.4. The Hall–Kier alpha value is -3.75. The van der Waals surface area contributed by atoms with Crippen LogP contribution in [-0.2, 0) is 4.79 Å². The summed E-state index contributed by atoms with van der Waals surface area (Å²) in [5, 5.41) is 23.7. The van der Waals surface area contributed by atoms with Crippen LogP contribution < -0.4 is 10.2 Å². The maximum Gasteiger partial charge on any atom is 0.229 e. The van der Waals surface area contributed by atoms with Gasteiger partial charge >= 0.3 is 0 Å². The van der Waals surface area contributed by atoms with Crippen molar-refractivity contribution < 1.29 is 4.79 Å². The van der Waals surface area contributed by atoms with Gasteiger partial charge in [0.1, 0.15) is 0 Å². The van der Waals surface area contributed by atoms with Gasteiger partial charge in [0.05, 0.1) is 17.6 Å². The smallest absolute Gasteiger partial charge is 0.229 e. The first-order valence-corrected chi connectivity index (χ1v) is 9.59. The van der Waals surface area contributed by atoms with Gasteiger partial charge in [0.25, 0.3) is 0 Å². The first-order chi connectivity index (χ1) is 14.3. The molecular formula is C20H20N8O. The van der Waals surface area contributed by atoms with Gasteiger partial charge in [-0.05, 0) is 49.2 Å². The van der Waals surface area contributed by atoms with Crippen molar-refractivity contribution in [2.24, 2.45) is 5.92 Å². The number of fused-ring (bicyclic) bond motifs is 1. The topological polar surface area (TPSA) is 105 Å². The third kappa shape index (κ3) is 3.54. The van der Waals surface area contributed by atoms with Crippen LogP contribution in [-0.4, -0.2) is 49.2 Å². The summed E-state index contributed by atoms with van der Waals surface area (Å²) in [5.74, 6) is 1.36. The molecule has 1 aromatic carbocycles. The number of aromatic nitrogens is 6. The lowest BCUT2D eigenvalue weighted by Crippen LogP contribution is -2.41. The number of anilines is 2. The van der Waals surface area contributed by atoms with Crippen molar-refractivity contribution in [2.45, 2.75) is 12.8 Å². The molecule has 1 amide bonds. The highest BCUT2D eigenvalue weighted by Gasteiger charge is 2.27. The Bertz CT molecular complexity index is 1120. The summed E-state index contributed by atoms with van der Waals surface area (Å²) in [6.07, 6.45) is 7.07. The molecule has 1 saturated heterocycles. The first-order valence-electron chi connectivity index (χ1n) is 9.59. The highest BCUT2D eigenvalue weighted by molar-refractivity contribution is 5.95. The number of nitrogens with zero attached hydrogens (tertiary/aromatic N) is 6. The van der Waals surface area contributed by atoms with Crippen molar-refractivity contribution in [1.29, 1.82) is 0 Å². The lowest BCUT2D eigenvalue weighted by Gasteiger charge is -2.32. The summed E-state index contributed by atoms with van der Waals surface area (Å²) in [6.45, 7) is 1.48. The molecule has 146 valence electrons. The SMILES string of the molecule is O=C(Nc1ccc2cn[nH]c2c1)C1CCCN(c2ccc(-n3cccn3)nn2)C1. The van der Waals surface area contributed by atoms with Gasteiger partial charge in [-0.2, -0.15) is 10.2 Å². The Kier molecular flexibility index (Phi) is 4.39. The van der Waals surface area contributed by atoms with Crippen molar-refractivity contribution in [3.8, 4) is 5.82 Å². The van der Waals surface area contributed by atoms with Crippen LogP contribution in [0, 0.1) is 5.92 Å². The van der Waals surface area contributed by atoms with E-state index in [1.807, 2.05) is 42.6 Å². The normalized spacial score (nSPS) is 16.8. The summed E-state index contributed by atoms with van der Waals surface area (Å²) in [5.41, 5.74) is 1.67. The van der Waals surface area contributed by atoms with E-state index in [2.05, 4.69) is 35.7 Å². The van der Waals surface area contributed by atoms with E-state index in [-0.39, 0.29) is 11.8 Å². The standard InChI is InChI=1S/C20H20N8O/c29-20(23-16-5-4-14-12-21-24-17(14)11-16)15-3-1-9-27(13-15)18-6-7-19(26-25-18)28-10-2-8-22-28/h2,4-8,10-12,15H,1,3,9,13H2,(H,21,24)(H,23,29). The number of aromatic amines is 1. The molecule has 4 aromatic rings. The highest BCUT2D eigenvalue weighted by atomic mass is 16.1. The zero-order chi connectivity index (χ0) is 19.6. The second-order valence-electron chi connectivity index (χ2n) is 7.15. The third-order valence-electron chi connectivity index (χ3n) is 5.20. The van der Waals surface area contributed by atoms with Gasteiger partial charge in [-0.3, -0.25) is 9.89 Å². The van der Waals surface area contributed by atoms with E-state index in [9.17, 15) is 4.79 Å². The van der Waals surface area contributed by atoms with Crippen LogP contribution in [0.5, 0.6) is 0 Å². The number of piperidine rings is 1. The second-order valence-corrected chi connectivity index (χ2v) is 7.15. The van der Waals surface area contributed by atoms with Crippen molar-refractivity contribution in [2.75, 3.05) is 23.3 Å². The summed E-state index contributed by atoms with van der Waals surface area (Å²) in [4.78, 5) is 14.9. The largest absolute Gasteiger partial charge is 0.354 e. The molecule has 9 heteroatoms. The molecule has 0 aliphatic carbocycles. The number of amides is 1. The fraction of sp³-hybridized carbons (Fsp3) is 0.250. The van der Waals surface area contributed by atoms with Crippen LogP contribution in [0.1, 0.15) is 12.8 Å². The summed E-state index contributed by atoms with van der Waals surface area (Å²) >= 11 is 0. The molecule has 1 unspecified atom stereocenters. The average molecular weight is 388 g/mol. The lowest BCUT2D eigenvalue weighted by molar-refractivity contribution is -0.120. The number of hydrogen-bond donors (Lipinski definition) is 2. The molecule has 9 nitrogen and oxygen atoms in total. The molecule has 0 radical (unpaired) electrons. The molecule has 0 bridgehead atoms. The van der Waals surface area contributed by atoms with Crippen LogP contribution in [0.2, 0.25) is 0 Å². The summed E-state index contributed by atoms with van der Waals surface area (Å²) in [6, 6.07) is 11.4. The number of carbonyl (C=O) groups excluding carboxylic acids is 1. The van der Waals surface area contributed by atoms with Gasteiger partial charge in [-0.15, -0.1) is 10.2 Å². The predicted octanol–water partition coefficient (Wildman–Crippen LogP) is 2.39. The third-order valence-corrected chi connectivity index (χ3v) is 5.20. The molecular weight excluding hydrogens is 368 g/mol. The fourth-order valence-corrected chi connectivity index (χ4v) is 3.67. The van der Waals surface area contributed by atoms with Gasteiger partial charge in [0, 0.05) is 36.6 Å².